The molecule has 1 aromatic carbocycles. The van der Waals surface area contributed by atoms with Crippen LogP contribution in [-0.4, -0.2) is 17.4 Å². The van der Waals surface area contributed by atoms with E-state index in [1.165, 1.54) is 18.3 Å². The van der Waals surface area contributed by atoms with Crippen LogP contribution in [-0.2, 0) is 6.42 Å². The summed E-state index contributed by atoms with van der Waals surface area (Å²) in [6.45, 7) is 0.430. The fourth-order valence-corrected chi connectivity index (χ4v) is 1.90. The normalized spacial score (nSPS) is 9.70. The summed E-state index contributed by atoms with van der Waals surface area (Å²) >= 11 is 5.90. The van der Waals surface area contributed by atoms with Gasteiger partial charge in [0.1, 0.15) is 5.82 Å². The third-order valence-corrected chi connectivity index (χ3v) is 2.97. The van der Waals surface area contributed by atoms with Gasteiger partial charge in [-0.3, -0.25) is 9.78 Å². The number of halogens is 3. The molecule has 0 aliphatic carbocycles. The fraction of sp³-hybridized carbons (Fsp3) is 0.143. The summed E-state index contributed by atoms with van der Waals surface area (Å²) in [5, 5.41) is 3.13. The van der Waals surface area contributed by atoms with Gasteiger partial charge in [-0.05, 0) is 36.2 Å². The van der Waals surface area contributed by atoms with Crippen molar-refractivity contribution in [2.24, 2.45) is 0 Å². The molecule has 0 bridgehead atoms. The number of pyridine rings is 1. The lowest BCUT2D eigenvalue weighted by atomic mass is 10.1. The minimum Gasteiger partial charge on any atom is -0.352 e. The molecule has 3 nitrogen and oxygen atoms in total. The number of nitrogens with one attached hydrogen (secondary N) is 1. The minimum absolute atomic E-state index is 0. The van der Waals surface area contributed by atoms with Crippen molar-refractivity contribution < 1.29 is 9.18 Å². The van der Waals surface area contributed by atoms with Crippen molar-refractivity contribution in [3.63, 3.8) is 0 Å². The van der Waals surface area contributed by atoms with Gasteiger partial charge in [0.25, 0.3) is 5.91 Å². The molecule has 0 aliphatic heterocycles. The molecule has 0 fully saturated rings. The van der Waals surface area contributed by atoms with E-state index in [1.807, 2.05) is 0 Å². The van der Waals surface area contributed by atoms with Gasteiger partial charge in [0.15, 0.2) is 0 Å². The summed E-state index contributed by atoms with van der Waals surface area (Å²) in [6, 6.07) is 7.62. The second-order valence-electron chi connectivity index (χ2n) is 3.98. The maximum Gasteiger partial charge on any atom is 0.252 e. The fourth-order valence-electron chi connectivity index (χ4n) is 1.63. The summed E-state index contributed by atoms with van der Waals surface area (Å²) in [7, 11) is 0. The Morgan fingerprint density at radius 1 is 1.35 bits per heavy atom. The zero-order chi connectivity index (χ0) is 13.7. The summed E-state index contributed by atoms with van der Waals surface area (Å²) in [5.74, 6) is -0.556. The lowest BCUT2D eigenvalue weighted by Gasteiger charge is -2.06. The minimum atomic E-state index is -0.367. The molecule has 2 rings (SSSR count). The molecule has 0 aliphatic rings. The molecule has 2 aromatic rings. The van der Waals surface area contributed by atoms with Crippen LogP contribution in [0.2, 0.25) is 5.02 Å². The number of aromatic nitrogens is 1. The molecule has 0 saturated carbocycles. The topological polar surface area (TPSA) is 42.0 Å². The van der Waals surface area contributed by atoms with Crippen molar-refractivity contribution in [3.8, 4) is 0 Å². The van der Waals surface area contributed by atoms with E-state index < -0.39 is 0 Å². The monoisotopic (exact) mass is 314 g/mol. The van der Waals surface area contributed by atoms with Gasteiger partial charge in [-0.2, -0.15) is 0 Å². The number of hydrogen-bond acceptors (Lipinski definition) is 2. The van der Waals surface area contributed by atoms with Crippen LogP contribution >= 0.6 is 24.0 Å². The molecule has 0 atom stereocenters. The van der Waals surface area contributed by atoms with Crippen LogP contribution < -0.4 is 5.32 Å². The van der Waals surface area contributed by atoms with Gasteiger partial charge in [0.05, 0.1) is 5.56 Å². The summed E-state index contributed by atoms with van der Waals surface area (Å²) in [4.78, 5) is 15.6. The molecule has 1 aromatic heterocycles. The van der Waals surface area contributed by atoms with Gasteiger partial charge in [0.2, 0.25) is 0 Å². The number of benzene rings is 1. The summed E-state index contributed by atoms with van der Waals surface area (Å²) < 4.78 is 12.9. The molecular weight excluding hydrogens is 302 g/mol. The van der Waals surface area contributed by atoms with E-state index in [-0.39, 0.29) is 24.1 Å². The highest BCUT2D eigenvalue weighted by molar-refractivity contribution is 6.31. The predicted molar refractivity (Wildman–Crippen MR) is 78.9 cm³/mol. The Hall–Kier alpha value is -1.65. The summed E-state index contributed by atoms with van der Waals surface area (Å²) in [5.41, 5.74) is 1.31. The second-order valence-corrected chi connectivity index (χ2v) is 4.39. The maximum absolute atomic E-state index is 12.9. The van der Waals surface area contributed by atoms with Crippen LogP contribution in [0, 0.1) is 5.82 Å². The van der Waals surface area contributed by atoms with Crippen molar-refractivity contribution >= 4 is 29.9 Å². The van der Waals surface area contributed by atoms with Crippen LogP contribution in [0.15, 0.2) is 42.7 Å². The average Bonchev–Trinajstić information content (AvgIpc) is 2.42. The molecule has 1 N–H and O–H groups in total. The van der Waals surface area contributed by atoms with Gasteiger partial charge in [-0.15, -0.1) is 12.4 Å². The van der Waals surface area contributed by atoms with Crippen LogP contribution in [0.4, 0.5) is 4.39 Å². The Kier molecular flexibility index (Phi) is 6.42. The Bertz CT molecular complexity index is 579. The van der Waals surface area contributed by atoms with Crippen LogP contribution in [0.25, 0.3) is 0 Å². The first-order valence-electron chi connectivity index (χ1n) is 5.79. The largest absolute Gasteiger partial charge is 0.352 e. The van der Waals surface area contributed by atoms with E-state index in [9.17, 15) is 9.18 Å². The Labute approximate surface area is 127 Å². The highest BCUT2D eigenvalue weighted by Crippen LogP contribution is 2.17. The molecule has 0 unspecified atom stereocenters. The SMILES string of the molecule is Cl.O=C(NCCc1ccc(F)cc1Cl)c1cccnc1. The van der Waals surface area contributed by atoms with E-state index in [1.54, 1.807) is 24.4 Å². The molecule has 1 amide bonds. The number of rotatable bonds is 4. The van der Waals surface area contributed by atoms with Gasteiger partial charge >= 0.3 is 0 Å². The number of hydrogen-bond donors (Lipinski definition) is 1. The zero-order valence-electron chi connectivity index (χ0n) is 10.5. The Balaban J connectivity index is 0.00000200. The molecule has 6 heteroatoms. The highest BCUT2D eigenvalue weighted by atomic mass is 35.5. The average molecular weight is 315 g/mol. The molecule has 1 heterocycles. The van der Waals surface area contributed by atoms with Crippen molar-refractivity contribution in [2.75, 3.05) is 6.54 Å². The van der Waals surface area contributed by atoms with Crippen molar-refractivity contribution in [1.29, 1.82) is 0 Å². The van der Waals surface area contributed by atoms with Crippen molar-refractivity contribution in [1.82, 2.24) is 10.3 Å². The van der Waals surface area contributed by atoms with Crippen molar-refractivity contribution in [2.45, 2.75) is 6.42 Å². The predicted octanol–water partition coefficient (Wildman–Crippen LogP) is 3.27. The number of amides is 1. The number of carbonyl (C=O) groups excluding carboxylic acids is 1. The Morgan fingerprint density at radius 3 is 2.80 bits per heavy atom. The molecule has 20 heavy (non-hydrogen) atoms. The summed E-state index contributed by atoms with van der Waals surface area (Å²) in [6.07, 6.45) is 3.65. The highest BCUT2D eigenvalue weighted by Gasteiger charge is 2.06. The number of nitrogens with zero attached hydrogens (tertiary/aromatic N) is 1. The van der Waals surface area contributed by atoms with Gasteiger partial charge < -0.3 is 5.32 Å². The smallest absolute Gasteiger partial charge is 0.252 e. The first-order valence-corrected chi connectivity index (χ1v) is 6.17. The first kappa shape index (κ1) is 16.4. The standard InChI is InChI=1S/C14H12ClFN2O.ClH/c15-13-8-12(16)4-3-10(13)5-7-18-14(19)11-2-1-6-17-9-11;/h1-4,6,8-9H,5,7H2,(H,18,19);1H. The van der Waals surface area contributed by atoms with Gasteiger partial charge in [-0.1, -0.05) is 17.7 Å². The third-order valence-electron chi connectivity index (χ3n) is 2.62. The molecule has 106 valence electrons. The van der Waals surface area contributed by atoms with E-state index in [0.29, 0.717) is 23.6 Å². The molecule has 0 radical (unpaired) electrons. The molecule has 0 spiro atoms. The Morgan fingerprint density at radius 2 is 2.15 bits per heavy atom. The lowest BCUT2D eigenvalue weighted by Crippen LogP contribution is -2.25. The number of carbonyl (C=O) groups is 1. The van der Waals surface area contributed by atoms with E-state index in [0.717, 1.165) is 5.56 Å². The first-order chi connectivity index (χ1) is 9.16. The zero-order valence-corrected chi connectivity index (χ0v) is 12.0. The van der Waals surface area contributed by atoms with Crippen LogP contribution in [0.5, 0.6) is 0 Å². The lowest BCUT2D eigenvalue weighted by molar-refractivity contribution is 0.0954. The van der Waals surface area contributed by atoms with Crippen LogP contribution in [0.1, 0.15) is 15.9 Å². The van der Waals surface area contributed by atoms with E-state index in [2.05, 4.69) is 10.3 Å². The second kappa shape index (κ2) is 7.82. The van der Waals surface area contributed by atoms with Crippen LogP contribution in [0.3, 0.4) is 0 Å². The maximum atomic E-state index is 12.9. The quantitative estimate of drug-likeness (QED) is 0.941. The van der Waals surface area contributed by atoms with Gasteiger partial charge in [0, 0.05) is 24.0 Å². The molecule has 0 saturated heterocycles. The third kappa shape index (κ3) is 4.47. The van der Waals surface area contributed by atoms with Crippen molar-refractivity contribution in [3.05, 3.63) is 64.7 Å². The van der Waals surface area contributed by atoms with Gasteiger partial charge in [-0.25, -0.2) is 4.39 Å². The molecular formula is C14H13Cl2FN2O. The van der Waals surface area contributed by atoms with E-state index in [4.69, 9.17) is 11.6 Å². The van der Waals surface area contributed by atoms with E-state index >= 15 is 0 Å².